The first-order chi connectivity index (χ1) is 6.74. The van der Waals surface area contributed by atoms with Crippen molar-refractivity contribution in [3.63, 3.8) is 0 Å². The van der Waals surface area contributed by atoms with Crippen LogP contribution in [0.4, 0.5) is 0 Å². The maximum absolute atomic E-state index is 3.46. The van der Waals surface area contributed by atoms with E-state index in [2.05, 4.69) is 38.2 Å². The van der Waals surface area contributed by atoms with Gasteiger partial charge in [0.05, 0.1) is 0 Å². The molecule has 1 heteroatoms. The van der Waals surface area contributed by atoms with Crippen molar-refractivity contribution in [1.82, 2.24) is 5.32 Å². The number of fused-ring (bicyclic) bond motifs is 1. The third kappa shape index (κ3) is 1.46. The summed E-state index contributed by atoms with van der Waals surface area (Å²) in [6, 6.07) is 4.62. The van der Waals surface area contributed by atoms with Crippen molar-refractivity contribution in [3.8, 4) is 0 Å². The molecule has 1 aromatic rings. The summed E-state index contributed by atoms with van der Waals surface area (Å²) in [5.74, 6) is 0.648. The predicted molar refractivity (Wildman–Crippen MR) is 60.5 cm³/mol. The molecular weight excluding hydrogens is 170 g/mol. The highest BCUT2D eigenvalue weighted by molar-refractivity contribution is 5.44. The number of benzene rings is 1. The first-order valence-corrected chi connectivity index (χ1v) is 5.58. The molecule has 1 N–H and O–H groups in total. The van der Waals surface area contributed by atoms with Crippen LogP contribution in [-0.4, -0.2) is 0 Å². The van der Waals surface area contributed by atoms with Crippen molar-refractivity contribution in [1.29, 1.82) is 0 Å². The van der Waals surface area contributed by atoms with Crippen molar-refractivity contribution < 1.29 is 0 Å². The van der Waals surface area contributed by atoms with Gasteiger partial charge in [-0.3, -0.25) is 0 Å². The van der Waals surface area contributed by atoms with E-state index in [1.165, 1.54) is 11.1 Å². The Labute approximate surface area is 86.5 Å². The monoisotopic (exact) mass is 189 g/mol. The Kier molecular flexibility index (Phi) is 2.60. The highest BCUT2D eigenvalue weighted by atomic mass is 14.9. The summed E-state index contributed by atoms with van der Waals surface area (Å²) in [7, 11) is 0. The minimum absolute atomic E-state index is 0.648. The zero-order chi connectivity index (χ0) is 10.1. The van der Waals surface area contributed by atoms with E-state index in [0.29, 0.717) is 5.92 Å². The lowest BCUT2D eigenvalue weighted by Gasteiger charge is -2.13. The van der Waals surface area contributed by atoms with Gasteiger partial charge < -0.3 is 5.32 Å². The smallest absolute Gasteiger partial charge is 0.0214 e. The minimum atomic E-state index is 0.648. The van der Waals surface area contributed by atoms with Gasteiger partial charge in [-0.15, -0.1) is 0 Å². The quantitative estimate of drug-likeness (QED) is 0.754. The highest BCUT2D eigenvalue weighted by Crippen LogP contribution is 2.28. The van der Waals surface area contributed by atoms with Gasteiger partial charge in [0.1, 0.15) is 0 Å². The van der Waals surface area contributed by atoms with Gasteiger partial charge in [0.2, 0.25) is 0 Å². The number of aryl methyl sites for hydroxylation is 1. The summed E-state index contributed by atoms with van der Waals surface area (Å²) < 4.78 is 0. The van der Waals surface area contributed by atoms with Crippen LogP contribution in [0.15, 0.2) is 12.1 Å². The average Bonchev–Trinajstić information content (AvgIpc) is 2.64. The van der Waals surface area contributed by atoms with E-state index in [-0.39, 0.29) is 0 Å². The van der Waals surface area contributed by atoms with Crippen LogP contribution < -0.4 is 5.32 Å². The molecule has 1 heterocycles. The molecule has 0 saturated heterocycles. The van der Waals surface area contributed by atoms with Gasteiger partial charge in [-0.25, -0.2) is 0 Å². The van der Waals surface area contributed by atoms with E-state index < -0.39 is 0 Å². The van der Waals surface area contributed by atoms with Crippen LogP contribution in [0.25, 0.3) is 0 Å². The summed E-state index contributed by atoms with van der Waals surface area (Å²) in [6.07, 6.45) is 1.16. The van der Waals surface area contributed by atoms with Crippen LogP contribution in [-0.2, 0) is 19.5 Å². The van der Waals surface area contributed by atoms with Gasteiger partial charge >= 0.3 is 0 Å². The molecule has 2 rings (SSSR count). The van der Waals surface area contributed by atoms with Crippen molar-refractivity contribution in [2.45, 2.75) is 46.2 Å². The summed E-state index contributed by atoms with van der Waals surface area (Å²) >= 11 is 0. The number of hydrogen-bond acceptors (Lipinski definition) is 1. The largest absolute Gasteiger partial charge is 0.309 e. The molecule has 0 unspecified atom stereocenters. The third-order valence-corrected chi connectivity index (χ3v) is 3.17. The second kappa shape index (κ2) is 3.74. The van der Waals surface area contributed by atoms with E-state index in [1.807, 2.05) is 0 Å². The van der Waals surface area contributed by atoms with Crippen LogP contribution in [0, 0.1) is 0 Å². The van der Waals surface area contributed by atoms with Crippen molar-refractivity contribution >= 4 is 0 Å². The van der Waals surface area contributed by atoms with Gasteiger partial charge in [0.15, 0.2) is 0 Å². The van der Waals surface area contributed by atoms with Crippen LogP contribution in [0.5, 0.6) is 0 Å². The zero-order valence-electron chi connectivity index (χ0n) is 9.35. The Balaban J connectivity index is 2.53. The molecule has 0 aliphatic carbocycles. The maximum atomic E-state index is 3.46. The Hall–Kier alpha value is -0.820. The average molecular weight is 189 g/mol. The predicted octanol–water partition coefficient (Wildman–Crippen LogP) is 2.98. The summed E-state index contributed by atoms with van der Waals surface area (Å²) in [5.41, 5.74) is 6.19. The topological polar surface area (TPSA) is 12.0 Å². The van der Waals surface area contributed by atoms with Crippen LogP contribution in [0.1, 0.15) is 48.9 Å². The molecule has 14 heavy (non-hydrogen) atoms. The molecule has 0 aromatic heterocycles. The molecule has 0 radical (unpaired) electrons. The summed E-state index contributed by atoms with van der Waals surface area (Å²) in [6.45, 7) is 8.93. The van der Waals surface area contributed by atoms with E-state index in [1.54, 1.807) is 11.1 Å². The molecular formula is C13H19N. The maximum Gasteiger partial charge on any atom is 0.0214 e. The SMILES string of the molecule is CCc1ccc(C(C)C)c2c1CNC2. The fourth-order valence-electron chi connectivity index (χ4n) is 2.37. The number of hydrogen-bond donors (Lipinski definition) is 1. The Bertz CT molecular complexity index is 339. The van der Waals surface area contributed by atoms with Crippen LogP contribution >= 0.6 is 0 Å². The zero-order valence-corrected chi connectivity index (χ0v) is 9.35. The summed E-state index contributed by atoms with van der Waals surface area (Å²) in [5, 5.41) is 3.46. The lowest BCUT2D eigenvalue weighted by atomic mass is 9.91. The number of rotatable bonds is 2. The molecule has 0 atom stereocenters. The lowest BCUT2D eigenvalue weighted by molar-refractivity contribution is 0.753. The van der Waals surface area contributed by atoms with Gasteiger partial charge in [0, 0.05) is 13.1 Å². The lowest BCUT2D eigenvalue weighted by Crippen LogP contribution is -2.01. The van der Waals surface area contributed by atoms with Gasteiger partial charge in [-0.05, 0) is 34.6 Å². The minimum Gasteiger partial charge on any atom is -0.309 e. The Morgan fingerprint density at radius 2 is 1.93 bits per heavy atom. The molecule has 0 amide bonds. The normalized spacial score (nSPS) is 14.9. The van der Waals surface area contributed by atoms with E-state index in [9.17, 15) is 0 Å². The highest BCUT2D eigenvalue weighted by Gasteiger charge is 2.18. The van der Waals surface area contributed by atoms with Crippen molar-refractivity contribution in [2.75, 3.05) is 0 Å². The number of nitrogens with one attached hydrogen (secondary N) is 1. The Morgan fingerprint density at radius 3 is 2.57 bits per heavy atom. The second-order valence-electron chi connectivity index (χ2n) is 4.38. The Morgan fingerprint density at radius 1 is 1.21 bits per heavy atom. The van der Waals surface area contributed by atoms with Gasteiger partial charge in [-0.1, -0.05) is 32.9 Å². The molecule has 76 valence electrons. The molecule has 1 aliphatic heterocycles. The van der Waals surface area contributed by atoms with E-state index >= 15 is 0 Å². The molecule has 0 bridgehead atoms. The van der Waals surface area contributed by atoms with E-state index in [0.717, 1.165) is 19.5 Å². The first kappa shape index (κ1) is 9.72. The molecule has 1 aliphatic rings. The van der Waals surface area contributed by atoms with E-state index in [4.69, 9.17) is 0 Å². The molecule has 1 nitrogen and oxygen atoms in total. The molecule has 0 fully saturated rings. The first-order valence-electron chi connectivity index (χ1n) is 5.58. The summed E-state index contributed by atoms with van der Waals surface area (Å²) in [4.78, 5) is 0. The van der Waals surface area contributed by atoms with Crippen molar-refractivity contribution in [3.05, 3.63) is 34.4 Å². The van der Waals surface area contributed by atoms with Crippen molar-refractivity contribution in [2.24, 2.45) is 0 Å². The third-order valence-electron chi connectivity index (χ3n) is 3.17. The second-order valence-corrected chi connectivity index (χ2v) is 4.38. The van der Waals surface area contributed by atoms with Gasteiger partial charge in [-0.2, -0.15) is 0 Å². The van der Waals surface area contributed by atoms with Crippen LogP contribution in [0.3, 0.4) is 0 Å². The fraction of sp³-hybridized carbons (Fsp3) is 0.538. The standard InChI is InChI=1S/C13H19N/c1-4-10-5-6-11(9(2)3)13-8-14-7-12(10)13/h5-6,9,14H,4,7-8H2,1-3H3. The molecule has 0 spiro atoms. The molecule has 1 aromatic carbocycles. The molecule has 0 saturated carbocycles. The fourth-order valence-corrected chi connectivity index (χ4v) is 2.37. The van der Waals surface area contributed by atoms with Crippen LogP contribution in [0.2, 0.25) is 0 Å². The van der Waals surface area contributed by atoms with Gasteiger partial charge in [0.25, 0.3) is 0 Å².